The predicted molar refractivity (Wildman–Crippen MR) is 150 cm³/mol. The first-order valence-corrected chi connectivity index (χ1v) is 15.0. The number of fused-ring (bicyclic) bond motifs is 2. The Bertz CT molecular complexity index is 1000. The molecule has 5 atom stereocenters. The molecule has 0 aromatic rings. The standard InChI is InChI=1S/C30H46N2O5S/c1-27(2,3)20-28(4,5)32-17-13-15-30-21(22-26(36)37-19-12-9-14-29(22,6)38-30)24(34)31(23(30)25(32)35)16-10-7-8-11-18-33/h9,13-15,21-23,33H,7-8,10-12,16-20H2,1-6H3/t21-,22-,23?,29+,30-/m0/s1. The number of cyclic esters (lactones) is 1. The summed E-state index contributed by atoms with van der Waals surface area (Å²) in [5.41, 5.74) is -0.389. The number of esters is 1. The number of likely N-dealkylation sites (tertiary alicyclic amines) is 1. The summed E-state index contributed by atoms with van der Waals surface area (Å²) in [4.78, 5) is 46.1. The minimum Gasteiger partial charge on any atom is -0.465 e. The Morgan fingerprint density at radius 3 is 2.39 bits per heavy atom. The third kappa shape index (κ3) is 5.19. The fourth-order valence-electron chi connectivity index (χ4n) is 7.41. The first kappa shape index (κ1) is 29.2. The molecule has 1 unspecified atom stereocenters. The van der Waals surface area contributed by atoms with Crippen molar-refractivity contribution in [2.75, 3.05) is 26.3 Å². The van der Waals surface area contributed by atoms with E-state index in [2.05, 4.69) is 52.8 Å². The Morgan fingerprint density at radius 2 is 1.71 bits per heavy atom. The van der Waals surface area contributed by atoms with Crippen LogP contribution in [0.3, 0.4) is 0 Å². The molecule has 38 heavy (non-hydrogen) atoms. The first-order valence-electron chi connectivity index (χ1n) is 14.2. The van der Waals surface area contributed by atoms with Crippen LogP contribution in [-0.4, -0.2) is 80.1 Å². The molecule has 2 amide bonds. The van der Waals surface area contributed by atoms with Gasteiger partial charge in [0.25, 0.3) is 0 Å². The van der Waals surface area contributed by atoms with Gasteiger partial charge < -0.3 is 19.6 Å². The lowest BCUT2D eigenvalue weighted by Crippen LogP contribution is -2.58. The number of rotatable bonds is 8. The third-order valence-electron chi connectivity index (χ3n) is 8.52. The van der Waals surface area contributed by atoms with E-state index in [1.807, 2.05) is 17.9 Å². The molecule has 4 aliphatic heterocycles. The molecule has 7 nitrogen and oxygen atoms in total. The Hall–Kier alpha value is -1.80. The normalized spacial score (nSPS) is 33.4. The summed E-state index contributed by atoms with van der Waals surface area (Å²) in [6.45, 7) is 14.2. The zero-order chi connectivity index (χ0) is 27.9. The Morgan fingerprint density at radius 1 is 1.00 bits per heavy atom. The first-order chi connectivity index (χ1) is 17.8. The van der Waals surface area contributed by atoms with Gasteiger partial charge in [-0.3, -0.25) is 14.4 Å². The minimum absolute atomic E-state index is 0.0213. The molecule has 0 aliphatic carbocycles. The Kier molecular flexibility index (Phi) is 8.17. The molecule has 0 aromatic heterocycles. The second-order valence-electron chi connectivity index (χ2n) is 13.4. The lowest BCUT2D eigenvalue weighted by atomic mass is 9.74. The predicted octanol–water partition coefficient (Wildman–Crippen LogP) is 4.34. The van der Waals surface area contributed by atoms with Gasteiger partial charge in [0.15, 0.2) is 0 Å². The molecule has 4 rings (SSSR count). The van der Waals surface area contributed by atoms with Crippen molar-refractivity contribution in [1.82, 2.24) is 9.80 Å². The highest BCUT2D eigenvalue weighted by Crippen LogP contribution is 2.65. The fourth-order valence-corrected chi connectivity index (χ4v) is 9.57. The molecule has 2 fully saturated rings. The summed E-state index contributed by atoms with van der Waals surface area (Å²) in [5.74, 6) is -1.78. The second kappa shape index (κ2) is 10.6. The average Bonchev–Trinajstić information content (AvgIpc) is 3.10. The second-order valence-corrected chi connectivity index (χ2v) is 15.2. The summed E-state index contributed by atoms with van der Waals surface area (Å²) in [5, 5.41) is 9.16. The summed E-state index contributed by atoms with van der Waals surface area (Å²) < 4.78 is 4.16. The number of carbonyl (C=O) groups excluding carboxylic acids is 3. The van der Waals surface area contributed by atoms with Crippen molar-refractivity contribution in [3.8, 4) is 0 Å². The molecule has 8 heteroatoms. The van der Waals surface area contributed by atoms with Gasteiger partial charge in [-0.2, -0.15) is 0 Å². The minimum atomic E-state index is -0.834. The van der Waals surface area contributed by atoms with Crippen LogP contribution in [-0.2, 0) is 19.1 Å². The molecule has 0 aromatic carbocycles. The van der Waals surface area contributed by atoms with Gasteiger partial charge in [0, 0.05) is 30.0 Å². The molecule has 0 saturated carbocycles. The molecule has 1 spiro atoms. The monoisotopic (exact) mass is 546 g/mol. The Labute approximate surface area is 232 Å². The van der Waals surface area contributed by atoms with Crippen LogP contribution in [0.15, 0.2) is 24.3 Å². The van der Waals surface area contributed by atoms with Gasteiger partial charge in [-0.1, -0.05) is 57.9 Å². The number of aliphatic hydroxyl groups is 1. The van der Waals surface area contributed by atoms with Gasteiger partial charge in [-0.25, -0.2) is 0 Å². The highest BCUT2D eigenvalue weighted by Gasteiger charge is 2.74. The number of carbonyl (C=O) groups is 3. The summed E-state index contributed by atoms with van der Waals surface area (Å²) in [6, 6.07) is -0.674. The fraction of sp³-hybridized carbons (Fsp3) is 0.767. The lowest BCUT2D eigenvalue weighted by Gasteiger charge is -2.44. The SMILES string of the molecule is CC(C)(C)CC(C)(C)N1CC=C[C@]23S[C@]4(C)C=CCCOC(=O)[C@@H]4[C@H]2C(=O)N(CCCCCCO)C3C1=O. The van der Waals surface area contributed by atoms with E-state index in [1.54, 1.807) is 16.7 Å². The van der Waals surface area contributed by atoms with Gasteiger partial charge >= 0.3 is 5.97 Å². The molecule has 0 radical (unpaired) electrons. The van der Waals surface area contributed by atoms with Crippen LogP contribution in [0.2, 0.25) is 0 Å². The summed E-state index contributed by atoms with van der Waals surface area (Å²) >= 11 is 1.61. The molecular formula is C30H46N2O5S. The zero-order valence-electron chi connectivity index (χ0n) is 24.0. The lowest BCUT2D eigenvalue weighted by molar-refractivity contribution is -0.154. The maximum Gasteiger partial charge on any atom is 0.311 e. The van der Waals surface area contributed by atoms with Crippen LogP contribution in [0.25, 0.3) is 0 Å². The van der Waals surface area contributed by atoms with Crippen LogP contribution >= 0.6 is 11.8 Å². The van der Waals surface area contributed by atoms with E-state index in [-0.39, 0.29) is 29.8 Å². The van der Waals surface area contributed by atoms with E-state index in [1.165, 1.54) is 0 Å². The smallest absolute Gasteiger partial charge is 0.311 e. The highest BCUT2D eigenvalue weighted by molar-refractivity contribution is 8.02. The van der Waals surface area contributed by atoms with Gasteiger partial charge in [0.05, 0.1) is 23.2 Å². The van der Waals surface area contributed by atoms with Crippen LogP contribution < -0.4 is 0 Å². The van der Waals surface area contributed by atoms with Crippen molar-refractivity contribution in [2.24, 2.45) is 17.3 Å². The van der Waals surface area contributed by atoms with Crippen molar-refractivity contribution < 1.29 is 24.2 Å². The number of nitrogens with zero attached hydrogens (tertiary/aromatic N) is 2. The number of thioether (sulfide) groups is 1. The molecule has 2 saturated heterocycles. The zero-order valence-corrected chi connectivity index (χ0v) is 24.8. The summed E-state index contributed by atoms with van der Waals surface area (Å²) in [6.07, 6.45) is 13.0. The van der Waals surface area contributed by atoms with Gasteiger partial charge in [0.1, 0.15) is 6.04 Å². The van der Waals surface area contributed by atoms with Crippen molar-refractivity contribution >= 4 is 29.5 Å². The van der Waals surface area contributed by atoms with Gasteiger partial charge in [0.2, 0.25) is 11.8 Å². The molecule has 1 N–H and O–H groups in total. The number of hydrogen-bond acceptors (Lipinski definition) is 6. The van der Waals surface area contributed by atoms with E-state index in [0.29, 0.717) is 26.1 Å². The molecule has 4 heterocycles. The number of unbranched alkanes of at least 4 members (excludes halogenated alkanes) is 3. The maximum atomic E-state index is 14.6. The highest BCUT2D eigenvalue weighted by atomic mass is 32.2. The number of hydrogen-bond donors (Lipinski definition) is 1. The molecule has 4 aliphatic rings. The van der Waals surface area contributed by atoms with Crippen molar-refractivity contribution in [1.29, 1.82) is 0 Å². The Balaban J connectivity index is 1.77. The third-order valence-corrected chi connectivity index (χ3v) is 10.3. The van der Waals surface area contributed by atoms with Crippen molar-refractivity contribution in [3.05, 3.63) is 24.3 Å². The molecular weight excluding hydrogens is 500 g/mol. The van der Waals surface area contributed by atoms with E-state index in [0.717, 1.165) is 32.1 Å². The van der Waals surface area contributed by atoms with E-state index in [4.69, 9.17) is 9.84 Å². The topological polar surface area (TPSA) is 87.2 Å². The van der Waals surface area contributed by atoms with Gasteiger partial charge in [-0.15, -0.1) is 11.8 Å². The number of ether oxygens (including phenoxy) is 1. The quantitative estimate of drug-likeness (QED) is 0.277. The van der Waals surface area contributed by atoms with Crippen LogP contribution in [0.4, 0.5) is 0 Å². The van der Waals surface area contributed by atoms with Crippen LogP contribution in [0.5, 0.6) is 0 Å². The number of amides is 2. The molecule has 0 bridgehead atoms. The summed E-state index contributed by atoms with van der Waals surface area (Å²) in [7, 11) is 0. The average molecular weight is 547 g/mol. The van der Waals surface area contributed by atoms with Crippen molar-refractivity contribution in [3.63, 3.8) is 0 Å². The molecule has 212 valence electrons. The van der Waals surface area contributed by atoms with Crippen LogP contribution in [0, 0.1) is 17.3 Å². The van der Waals surface area contributed by atoms with Crippen LogP contribution in [0.1, 0.15) is 80.1 Å². The van der Waals surface area contributed by atoms with Gasteiger partial charge in [-0.05, 0) is 51.9 Å². The van der Waals surface area contributed by atoms with E-state index < -0.39 is 32.9 Å². The van der Waals surface area contributed by atoms with Crippen molar-refractivity contribution in [2.45, 2.75) is 101 Å². The largest absolute Gasteiger partial charge is 0.465 e. The van der Waals surface area contributed by atoms with E-state index in [9.17, 15) is 14.4 Å². The maximum absolute atomic E-state index is 14.6. The van der Waals surface area contributed by atoms with E-state index >= 15 is 0 Å². The number of aliphatic hydroxyl groups excluding tert-OH is 1.